The Hall–Kier alpha value is -2.52. The van der Waals surface area contributed by atoms with E-state index >= 15 is 0 Å². The first kappa shape index (κ1) is 26.1. The molecule has 1 heteroatoms. The zero-order chi connectivity index (χ0) is 23.6. The Labute approximate surface area is 218 Å². The van der Waals surface area contributed by atoms with Crippen LogP contribution < -0.4 is 18.9 Å². The molecule has 0 spiro atoms. The van der Waals surface area contributed by atoms with Crippen molar-refractivity contribution in [1.29, 1.82) is 0 Å². The summed E-state index contributed by atoms with van der Waals surface area (Å²) in [6.07, 6.45) is 9.00. The molecule has 0 nitrogen and oxygen atoms in total. The molecule has 2 unspecified atom stereocenters. The summed E-state index contributed by atoms with van der Waals surface area (Å²) in [5.74, 6) is 0.984. The Morgan fingerprint density at radius 1 is 0.706 bits per heavy atom. The monoisotopic (exact) mass is 438 g/mol. The maximum atomic E-state index is 4.05. The molecule has 0 radical (unpaired) electrons. The van der Waals surface area contributed by atoms with Crippen LogP contribution in [-0.4, -0.2) is 0 Å². The second kappa shape index (κ2) is 10.8. The molecule has 2 atom stereocenters. The number of allylic oxidation sites excluding steroid dienone is 5. The third-order valence-corrected chi connectivity index (χ3v) is 6.95. The third-order valence-electron chi connectivity index (χ3n) is 6.95. The maximum absolute atomic E-state index is 4.05. The van der Waals surface area contributed by atoms with Crippen molar-refractivity contribution < 1.29 is 18.9 Å². The van der Waals surface area contributed by atoms with Gasteiger partial charge >= 0.3 is 18.9 Å². The van der Waals surface area contributed by atoms with Gasteiger partial charge in [-0.05, 0) is 52.8 Å². The van der Waals surface area contributed by atoms with Crippen LogP contribution in [0.2, 0.25) is 0 Å². The fourth-order valence-corrected chi connectivity index (χ4v) is 5.09. The first-order valence-electron chi connectivity index (χ1n) is 11.9. The summed E-state index contributed by atoms with van der Waals surface area (Å²) in [5.41, 5.74) is 11.5. The molecule has 0 N–H and O–H groups in total. The SMILES string of the molecule is CC1(C)C=Cc2ccccc21.CC1=CC(C)c2ccccc21.[CH2-]C1C=C(C)c2ccccc21.[Li+]. The Balaban J connectivity index is 0.000000141. The van der Waals surface area contributed by atoms with Crippen molar-refractivity contribution in [2.45, 2.75) is 51.9 Å². The predicted molar refractivity (Wildman–Crippen MR) is 145 cm³/mol. The van der Waals surface area contributed by atoms with Crippen LogP contribution in [0.1, 0.15) is 79.8 Å². The van der Waals surface area contributed by atoms with Crippen molar-refractivity contribution in [2.24, 2.45) is 0 Å². The van der Waals surface area contributed by atoms with Crippen molar-refractivity contribution in [3.05, 3.63) is 131 Å². The minimum Gasteiger partial charge on any atom is -0.332 e. The standard InChI is InChI=1S/2C11H12.C11H11.Li/c1-11(2)8-7-9-5-3-4-6-10(9)11;2*1-8-7-9(2)11-6-4-3-5-10(8)11;/h2*3-8H,1-2H3;3-8H,1H2,2H3;/q;;-1;+1. The molecule has 3 aromatic carbocycles. The molecule has 0 fully saturated rings. The molecule has 168 valence electrons. The molecule has 0 heterocycles. The molecule has 0 aromatic heterocycles. The van der Waals surface area contributed by atoms with E-state index in [9.17, 15) is 0 Å². The van der Waals surface area contributed by atoms with Gasteiger partial charge in [-0.25, -0.2) is 0 Å². The zero-order valence-electron chi connectivity index (χ0n) is 21.6. The molecule has 3 aliphatic carbocycles. The average Bonchev–Trinajstić information content (AvgIpc) is 3.41. The van der Waals surface area contributed by atoms with Gasteiger partial charge in [0, 0.05) is 11.3 Å². The Kier molecular flexibility index (Phi) is 8.30. The fourth-order valence-electron chi connectivity index (χ4n) is 5.09. The second-order valence-corrected chi connectivity index (χ2v) is 9.91. The van der Waals surface area contributed by atoms with Crippen LogP contribution >= 0.6 is 0 Å². The molecule has 0 bridgehead atoms. The second-order valence-electron chi connectivity index (χ2n) is 9.91. The van der Waals surface area contributed by atoms with Gasteiger partial charge in [0.2, 0.25) is 0 Å². The zero-order valence-corrected chi connectivity index (χ0v) is 21.6. The van der Waals surface area contributed by atoms with E-state index in [0.29, 0.717) is 11.8 Å². The van der Waals surface area contributed by atoms with Gasteiger partial charge in [0.25, 0.3) is 0 Å². The van der Waals surface area contributed by atoms with Crippen LogP contribution in [0.25, 0.3) is 17.2 Å². The van der Waals surface area contributed by atoms with Gasteiger partial charge in [-0.1, -0.05) is 117 Å². The minimum absolute atomic E-state index is 0. The van der Waals surface area contributed by atoms with Crippen molar-refractivity contribution in [2.75, 3.05) is 0 Å². The molecule has 6 rings (SSSR count). The van der Waals surface area contributed by atoms with Gasteiger partial charge in [-0.2, -0.15) is 0 Å². The number of hydrogen-bond acceptors (Lipinski definition) is 0. The van der Waals surface area contributed by atoms with Crippen LogP contribution in [0.4, 0.5) is 0 Å². The average molecular weight is 439 g/mol. The van der Waals surface area contributed by atoms with Gasteiger partial charge in [0.15, 0.2) is 0 Å². The summed E-state index contributed by atoms with van der Waals surface area (Å²) in [5, 5.41) is 0. The quantitative estimate of drug-likeness (QED) is 0.289. The summed E-state index contributed by atoms with van der Waals surface area (Å²) < 4.78 is 0. The first-order valence-corrected chi connectivity index (χ1v) is 11.9. The summed E-state index contributed by atoms with van der Waals surface area (Å²) in [6, 6.07) is 25.7. The summed E-state index contributed by atoms with van der Waals surface area (Å²) in [6.45, 7) is 15.1. The Morgan fingerprint density at radius 2 is 1.24 bits per heavy atom. The maximum Gasteiger partial charge on any atom is 1.00 e. The minimum atomic E-state index is 0. The van der Waals surface area contributed by atoms with E-state index in [-0.39, 0.29) is 24.3 Å². The van der Waals surface area contributed by atoms with Crippen molar-refractivity contribution >= 4 is 17.2 Å². The largest absolute Gasteiger partial charge is 1.00 e. The Morgan fingerprint density at radius 3 is 1.85 bits per heavy atom. The van der Waals surface area contributed by atoms with Gasteiger partial charge < -0.3 is 6.92 Å². The van der Waals surface area contributed by atoms with Gasteiger partial charge in [-0.15, -0.1) is 12.0 Å². The summed E-state index contributed by atoms with van der Waals surface area (Å²) >= 11 is 0. The first-order chi connectivity index (χ1) is 15.8. The molecule has 0 saturated carbocycles. The van der Waals surface area contributed by atoms with Crippen LogP contribution in [0.3, 0.4) is 0 Å². The third kappa shape index (κ3) is 5.41. The summed E-state index contributed by atoms with van der Waals surface area (Å²) in [4.78, 5) is 0. The van der Waals surface area contributed by atoms with E-state index in [2.05, 4.69) is 139 Å². The number of hydrogen-bond donors (Lipinski definition) is 0. The number of benzene rings is 3. The van der Waals surface area contributed by atoms with Crippen LogP contribution in [0.5, 0.6) is 0 Å². The van der Waals surface area contributed by atoms with Crippen LogP contribution in [-0.2, 0) is 5.41 Å². The Bertz CT molecular complexity index is 1170. The van der Waals surface area contributed by atoms with Gasteiger partial charge in [-0.3, -0.25) is 0 Å². The van der Waals surface area contributed by atoms with Gasteiger partial charge in [0.1, 0.15) is 0 Å². The molecule has 0 amide bonds. The van der Waals surface area contributed by atoms with E-state index in [1.165, 1.54) is 44.5 Å². The molecule has 3 aromatic rings. The smallest absolute Gasteiger partial charge is 0.332 e. The molecular weight excluding hydrogens is 403 g/mol. The van der Waals surface area contributed by atoms with Crippen molar-refractivity contribution in [3.8, 4) is 0 Å². The van der Waals surface area contributed by atoms with Crippen LogP contribution in [0, 0.1) is 6.92 Å². The number of fused-ring (bicyclic) bond motifs is 3. The van der Waals surface area contributed by atoms with Crippen LogP contribution in [0.15, 0.2) is 91.0 Å². The fraction of sp³-hybridized carbons (Fsp3) is 0.242. The topological polar surface area (TPSA) is 0 Å². The molecule has 3 aliphatic rings. The molecule has 0 saturated heterocycles. The summed E-state index contributed by atoms with van der Waals surface area (Å²) in [7, 11) is 0. The predicted octanol–water partition coefficient (Wildman–Crippen LogP) is 6.22. The van der Waals surface area contributed by atoms with Crippen molar-refractivity contribution in [1.82, 2.24) is 0 Å². The van der Waals surface area contributed by atoms with E-state index in [4.69, 9.17) is 0 Å². The van der Waals surface area contributed by atoms with Gasteiger partial charge in [0.05, 0.1) is 0 Å². The van der Waals surface area contributed by atoms with E-state index < -0.39 is 0 Å². The number of rotatable bonds is 0. The normalized spacial score (nSPS) is 19.7. The van der Waals surface area contributed by atoms with Crippen molar-refractivity contribution in [3.63, 3.8) is 0 Å². The molecule has 34 heavy (non-hydrogen) atoms. The van der Waals surface area contributed by atoms with E-state index in [1.54, 1.807) is 0 Å². The molecule has 0 aliphatic heterocycles. The van der Waals surface area contributed by atoms with E-state index in [1.807, 2.05) is 0 Å². The van der Waals surface area contributed by atoms with E-state index in [0.717, 1.165) is 0 Å². The molecular formula is C33H35Li.